The number of aromatic nitrogens is 3. The Balaban J connectivity index is 2.12. The number of hydrogen-bond donors (Lipinski definition) is 2. The molecule has 6 heteroatoms. The van der Waals surface area contributed by atoms with Gasteiger partial charge in [0.2, 0.25) is 5.89 Å². The number of oxazole rings is 1. The number of nitrogens with zero attached hydrogens (tertiary/aromatic N) is 3. The maximum atomic E-state index is 5.86. The zero-order valence-corrected chi connectivity index (χ0v) is 11.5. The smallest absolute Gasteiger partial charge is 0.213 e. The highest BCUT2D eigenvalue weighted by atomic mass is 16.4. The highest BCUT2D eigenvalue weighted by Crippen LogP contribution is 2.18. The van der Waals surface area contributed by atoms with Gasteiger partial charge in [-0.05, 0) is 6.92 Å². The Kier molecular flexibility index (Phi) is 3.99. The van der Waals surface area contributed by atoms with Crippen LogP contribution in [0.5, 0.6) is 0 Å². The molecule has 0 aliphatic carbocycles. The fourth-order valence-electron chi connectivity index (χ4n) is 1.66. The number of nitrogens with one attached hydrogen (secondary N) is 1. The summed E-state index contributed by atoms with van der Waals surface area (Å²) in [4.78, 5) is 12.8. The van der Waals surface area contributed by atoms with Crippen LogP contribution in [0.3, 0.4) is 0 Å². The van der Waals surface area contributed by atoms with Crippen molar-refractivity contribution < 1.29 is 4.42 Å². The van der Waals surface area contributed by atoms with Crippen LogP contribution < -0.4 is 11.1 Å². The molecule has 19 heavy (non-hydrogen) atoms. The molecule has 0 radical (unpaired) electrons. The van der Waals surface area contributed by atoms with E-state index in [-0.39, 0.29) is 0 Å². The number of nitrogens with two attached hydrogens (primary N) is 1. The quantitative estimate of drug-likeness (QED) is 0.856. The van der Waals surface area contributed by atoms with E-state index in [2.05, 4.69) is 20.3 Å². The van der Waals surface area contributed by atoms with E-state index in [1.807, 2.05) is 20.8 Å². The molecule has 0 aliphatic heterocycles. The molecule has 0 saturated carbocycles. The molecule has 2 heterocycles. The average Bonchev–Trinajstić information content (AvgIpc) is 2.88. The molecule has 2 aromatic heterocycles. The third-order valence-electron chi connectivity index (χ3n) is 2.90. The molecular weight excluding hydrogens is 242 g/mol. The van der Waals surface area contributed by atoms with E-state index in [1.54, 1.807) is 6.20 Å². The summed E-state index contributed by atoms with van der Waals surface area (Å²) in [6.07, 6.45) is 3.33. The van der Waals surface area contributed by atoms with Gasteiger partial charge in [-0.2, -0.15) is 0 Å². The Morgan fingerprint density at radius 2 is 2.05 bits per heavy atom. The predicted molar refractivity (Wildman–Crippen MR) is 73.8 cm³/mol. The molecule has 0 aliphatic rings. The second-order valence-corrected chi connectivity index (χ2v) is 4.28. The lowest BCUT2D eigenvalue weighted by molar-refractivity contribution is 0.465. The number of hydrogen-bond acceptors (Lipinski definition) is 6. The summed E-state index contributed by atoms with van der Waals surface area (Å²) in [6, 6.07) is 0. The van der Waals surface area contributed by atoms with Crippen LogP contribution in [-0.4, -0.2) is 15.0 Å². The van der Waals surface area contributed by atoms with Gasteiger partial charge < -0.3 is 15.5 Å². The summed E-state index contributed by atoms with van der Waals surface area (Å²) >= 11 is 0. The first kappa shape index (κ1) is 13.3. The highest BCUT2D eigenvalue weighted by molar-refractivity contribution is 5.54. The van der Waals surface area contributed by atoms with Crippen LogP contribution >= 0.6 is 0 Å². The highest BCUT2D eigenvalue weighted by Gasteiger charge is 2.09. The van der Waals surface area contributed by atoms with E-state index in [1.165, 1.54) is 0 Å². The van der Waals surface area contributed by atoms with Crippen molar-refractivity contribution in [3.05, 3.63) is 29.2 Å². The van der Waals surface area contributed by atoms with Gasteiger partial charge >= 0.3 is 0 Å². The van der Waals surface area contributed by atoms with Crippen molar-refractivity contribution in [1.82, 2.24) is 15.0 Å². The fourth-order valence-corrected chi connectivity index (χ4v) is 1.66. The lowest BCUT2D eigenvalue weighted by Crippen LogP contribution is -2.09. The van der Waals surface area contributed by atoms with Gasteiger partial charge in [0.15, 0.2) is 0 Å². The third-order valence-corrected chi connectivity index (χ3v) is 2.90. The van der Waals surface area contributed by atoms with E-state index < -0.39 is 0 Å². The topological polar surface area (TPSA) is 89.9 Å². The molecular formula is C13H19N5O. The van der Waals surface area contributed by atoms with Gasteiger partial charge in [0.25, 0.3) is 0 Å². The van der Waals surface area contributed by atoms with Gasteiger partial charge in [-0.25, -0.2) is 15.0 Å². The summed E-state index contributed by atoms with van der Waals surface area (Å²) in [6.45, 7) is 6.40. The molecule has 2 rings (SSSR count). The van der Waals surface area contributed by atoms with Crippen LogP contribution in [0, 0.1) is 6.92 Å². The van der Waals surface area contributed by atoms with Gasteiger partial charge in [-0.3, -0.25) is 0 Å². The molecule has 0 spiro atoms. The van der Waals surface area contributed by atoms with Crippen molar-refractivity contribution in [1.29, 1.82) is 0 Å². The predicted octanol–water partition coefficient (Wildman–Crippen LogP) is 2.09. The number of aryl methyl sites for hydroxylation is 2. The van der Waals surface area contributed by atoms with Crippen LogP contribution in [0.4, 0.5) is 11.6 Å². The molecule has 0 amide bonds. The largest absolute Gasteiger partial charge is 0.444 e. The Morgan fingerprint density at radius 3 is 2.68 bits per heavy atom. The Bertz CT molecular complexity index is 564. The Hall–Kier alpha value is -2.11. The SMILES string of the molecule is CCc1nc(N)c(C)c(NCc2ncc(CC)o2)n1. The fraction of sp³-hybridized carbons (Fsp3) is 0.462. The van der Waals surface area contributed by atoms with Crippen LogP contribution in [0.25, 0.3) is 0 Å². The van der Waals surface area contributed by atoms with Crippen LogP contribution in [-0.2, 0) is 19.4 Å². The zero-order valence-electron chi connectivity index (χ0n) is 11.5. The monoisotopic (exact) mass is 261 g/mol. The summed E-state index contributed by atoms with van der Waals surface area (Å²) in [5.74, 6) is 3.50. The van der Waals surface area contributed by atoms with Crippen LogP contribution in [0.1, 0.15) is 36.9 Å². The third kappa shape index (κ3) is 3.01. The van der Waals surface area contributed by atoms with Crippen molar-refractivity contribution in [3.8, 4) is 0 Å². The van der Waals surface area contributed by atoms with E-state index in [9.17, 15) is 0 Å². The second kappa shape index (κ2) is 5.69. The van der Waals surface area contributed by atoms with Crippen molar-refractivity contribution in [3.63, 3.8) is 0 Å². The summed E-state index contributed by atoms with van der Waals surface area (Å²) in [5, 5.41) is 3.19. The van der Waals surface area contributed by atoms with Crippen molar-refractivity contribution in [2.24, 2.45) is 0 Å². The van der Waals surface area contributed by atoms with Gasteiger partial charge in [-0.1, -0.05) is 13.8 Å². The van der Waals surface area contributed by atoms with Gasteiger partial charge in [-0.15, -0.1) is 0 Å². The Labute approximate surface area is 112 Å². The number of nitrogen functional groups attached to an aromatic ring is 1. The minimum atomic E-state index is 0.487. The molecule has 0 bridgehead atoms. The number of rotatable bonds is 5. The molecule has 2 aromatic rings. The van der Waals surface area contributed by atoms with Gasteiger partial charge in [0.1, 0.15) is 23.2 Å². The van der Waals surface area contributed by atoms with Gasteiger partial charge in [0, 0.05) is 18.4 Å². The summed E-state index contributed by atoms with van der Waals surface area (Å²) in [5.41, 5.74) is 6.71. The minimum absolute atomic E-state index is 0.487. The molecule has 0 fully saturated rings. The van der Waals surface area contributed by atoms with E-state index in [0.717, 1.165) is 35.8 Å². The van der Waals surface area contributed by atoms with Crippen molar-refractivity contribution in [2.75, 3.05) is 11.1 Å². The molecule has 0 saturated heterocycles. The Morgan fingerprint density at radius 1 is 1.26 bits per heavy atom. The summed E-state index contributed by atoms with van der Waals surface area (Å²) < 4.78 is 5.53. The molecule has 3 N–H and O–H groups in total. The maximum absolute atomic E-state index is 5.86. The first-order chi connectivity index (χ1) is 9.13. The van der Waals surface area contributed by atoms with E-state index >= 15 is 0 Å². The minimum Gasteiger partial charge on any atom is -0.444 e. The molecule has 102 valence electrons. The normalized spacial score (nSPS) is 10.7. The van der Waals surface area contributed by atoms with Crippen LogP contribution in [0.2, 0.25) is 0 Å². The standard InChI is InChI=1S/C13H19N5O/c1-4-9-6-15-11(19-9)7-16-13-8(3)12(14)17-10(5-2)18-13/h6H,4-5,7H2,1-3H3,(H3,14,16,17,18). The summed E-state index contributed by atoms with van der Waals surface area (Å²) in [7, 11) is 0. The first-order valence-electron chi connectivity index (χ1n) is 6.44. The lowest BCUT2D eigenvalue weighted by Gasteiger charge is -2.10. The molecule has 6 nitrogen and oxygen atoms in total. The van der Waals surface area contributed by atoms with Gasteiger partial charge in [0.05, 0.1) is 12.7 Å². The second-order valence-electron chi connectivity index (χ2n) is 4.28. The van der Waals surface area contributed by atoms with Crippen molar-refractivity contribution >= 4 is 11.6 Å². The average molecular weight is 261 g/mol. The molecule has 0 atom stereocenters. The molecule has 0 aromatic carbocycles. The molecule has 0 unspecified atom stereocenters. The zero-order chi connectivity index (χ0) is 13.8. The lowest BCUT2D eigenvalue weighted by atomic mass is 10.3. The number of anilines is 2. The maximum Gasteiger partial charge on any atom is 0.213 e. The van der Waals surface area contributed by atoms with Crippen molar-refractivity contribution in [2.45, 2.75) is 40.2 Å². The first-order valence-corrected chi connectivity index (χ1v) is 6.44. The van der Waals surface area contributed by atoms with E-state index in [0.29, 0.717) is 18.3 Å². The van der Waals surface area contributed by atoms with Crippen LogP contribution in [0.15, 0.2) is 10.6 Å². The van der Waals surface area contributed by atoms with E-state index in [4.69, 9.17) is 10.2 Å².